The number of esters is 1. The van der Waals surface area contributed by atoms with Crippen molar-refractivity contribution >= 4 is 23.4 Å². The standard InChI is InChI=1S/C15H15ClF2O4/c1-4-21-7-10(15(20)22-5-2)14(19)9-6-11(17)13(18)8(3)12(9)16/h6-7H,4-5H2,1-3H3/b10-7-. The van der Waals surface area contributed by atoms with E-state index in [2.05, 4.69) is 0 Å². The minimum Gasteiger partial charge on any atom is -0.500 e. The maximum atomic E-state index is 13.5. The summed E-state index contributed by atoms with van der Waals surface area (Å²) in [5.41, 5.74) is -1.00. The third-order valence-electron chi connectivity index (χ3n) is 2.73. The van der Waals surface area contributed by atoms with E-state index in [0.717, 1.165) is 6.26 Å². The molecule has 7 heteroatoms. The number of ketones is 1. The van der Waals surface area contributed by atoms with E-state index < -0.39 is 29.0 Å². The van der Waals surface area contributed by atoms with Gasteiger partial charge in [-0.15, -0.1) is 0 Å². The van der Waals surface area contributed by atoms with E-state index >= 15 is 0 Å². The van der Waals surface area contributed by atoms with E-state index in [1.807, 2.05) is 0 Å². The molecule has 0 fully saturated rings. The summed E-state index contributed by atoms with van der Waals surface area (Å²) < 4.78 is 36.6. The number of Topliss-reactive ketones (excluding diaryl/α,β-unsaturated/α-hetero) is 1. The molecule has 1 aromatic carbocycles. The number of rotatable bonds is 6. The fourth-order valence-electron chi connectivity index (χ4n) is 1.61. The van der Waals surface area contributed by atoms with Gasteiger partial charge in [0.25, 0.3) is 0 Å². The SMILES string of the molecule is CCO/C=C(\C(=O)OCC)C(=O)c1cc(F)c(F)c(C)c1Cl. The highest BCUT2D eigenvalue weighted by Gasteiger charge is 2.26. The number of benzene rings is 1. The largest absolute Gasteiger partial charge is 0.500 e. The van der Waals surface area contributed by atoms with Gasteiger partial charge in [0.1, 0.15) is 11.8 Å². The second-order valence-electron chi connectivity index (χ2n) is 4.20. The zero-order valence-corrected chi connectivity index (χ0v) is 13.1. The first kappa shape index (κ1) is 18.1. The fourth-order valence-corrected chi connectivity index (χ4v) is 1.83. The second-order valence-corrected chi connectivity index (χ2v) is 4.57. The molecule has 0 aliphatic heterocycles. The van der Waals surface area contributed by atoms with E-state index in [4.69, 9.17) is 21.1 Å². The summed E-state index contributed by atoms with van der Waals surface area (Å²) in [5.74, 6) is -4.21. The van der Waals surface area contributed by atoms with Gasteiger partial charge in [-0.05, 0) is 26.8 Å². The van der Waals surface area contributed by atoms with Gasteiger partial charge in [0, 0.05) is 11.1 Å². The summed E-state index contributed by atoms with van der Waals surface area (Å²) in [7, 11) is 0. The zero-order valence-electron chi connectivity index (χ0n) is 12.3. The van der Waals surface area contributed by atoms with Crippen LogP contribution in [-0.4, -0.2) is 25.0 Å². The molecule has 0 aliphatic carbocycles. The van der Waals surface area contributed by atoms with E-state index in [1.54, 1.807) is 13.8 Å². The van der Waals surface area contributed by atoms with Crippen LogP contribution in [0, 0.1) is 18.6 Å². The zero-order chi connectivity index (χ0) is 16.9. The summed E-state index contributed by atoms with van der Waals surface area (Å²) in [6.07, 6.45) is 0.924. The molecule has 0 bridgehead atoms. The Labute approximate surface area is 131 Å². The van der Waals surface area contributed by atoms with Crippen molar-refractivity contribution in [1.29, 1.82) is 0 Å². The van der Waals surface area contributed by atoms with Crippen molar-refractivity contribution in [2.75, 3.05) is 13.2 Å². The van der Waals surface area contributed by atoms with Crippen molar-refractivity contribution in [3.63, 3.8) is 0 Å². The quantitative estimate of drug-likeness (QED) is 0.152. The highest BCUT2D eigenvalue weighted by Crippen LogP contribution is 2.27. The van der Waals surface area contributed by atoms with E-state index in [0.29, 0.717) is 6.07 Å². The van der Waals surface area contributed by atoms with Gasteiger partial charge in [0.05, 0.1) is 18.2 Å². The predicted molar refractivity (Wildman–Crippen MR) is 76.8 cm³/mol. The minimum absolute atomic E-state index is 0.0418. The number of ether oxygens (including phenoxy) is 2. The average molecular weight is 333 g/mol. The Bertz CT molecular complexity index is 626. The molecule has 0 saturated carbocycles. The summed E-state index contributed by atoms with van der Waals surface area (Å²) in [4.78, 5) is 24.2. The van der Waals surface area contributed by atoms with Crippen LogP contribution >= 0.6 is 11.6 Å². The van der Waals surface area contributed by atoms with Gasteiger partial charge >= 0.3 is 5.97 Å². The topological polar surface area (TPSA) is 52.6 Å². The van der Waals surface area contributed by atoms with Crippen molar-refractivity contribution in [2.45, 2.75) is 20.8 Å². The maximum Gasteiger partial charge on any atom is 0.345 e. The van der Waals surface area contributed by atoms with Gasteiger partial charge in [0.15, 0.2) is 11.6 Å². The summed E-state index contributed by atoms with van der Waals surface area (Å²) in [6, 6.07) is 0.645. The van der Waals surface area contributed by atoms with Crippen LogP contribution in [0.5, 0.6) is 0 Å². The minimum atomic E-state index is -1.23. The number of carbonyl (C=O) groups excluding carboxylic acids is 2. The summed E-state index contributed by atoms with van der Waals surface area (Å²) >= 11 is 5.88. The molecule has 0 saturated heterocycles. The Hall–Kier alpha value is -1.95. The van der Waals surface area contributed by atoms with Crippen LogP contribution in [0.3, 0.4) is 0 Å². The fraction of sp³-hybridized carbons (Fsp3) is 0.333. The van der Waals surface area contributed by atoms with Crippen LogP contribution in [0.15, 0.2) is 17.9 Å². The molecule has 120 valence electrons. The average Bonchev–Trinajstić information content (AvgIpc) is 2.49. The number of hydrogen-bond donors (Lipinski definition) is 0. The van der Waals surface area contributed by atoms with Crippen molar-refractivity contribution in [3.05, 3.63) is 45.7 Å². The van der Waals surface area contributed by atoms with E-state index in [1.165, 1.54) is 6.92 Å². The number of carbonyl (C=O) groups is 2. The monoisotopic (exact) mass is 332 g/mol. The lowest BCUT2D eigenvalue weighted by Crippen LogP contribution is -2.18. The van der Waals surface area contributed by atoms with Crippen molar-refractivity contribution in [2.24, 2.45) is 0 Å². The van der Waals surface area contributed by atoms with Gasteiger partial charge in [-0.25, -0.2) is 13.6 Å². The van der Waals surface area contributed by atoms with Crippen LogP contribution in [0.2, 0.25) is 5.02 Å². The highest BCUT2D eigenvalue weighted by molar-refractivity contribution is 6.37. The van der Waals surface area contributed by atoms with E-state index in [9.17, 15) is 18.4 Å². The van der Waals surface area contributed by atoms with Crippen LogP contribution in [0.25, 0.3) is 0 Å². The molecule has 22 heavy (non-hydrogen) atoms. The lowest BCUT2D eigenvalue weighted by Gasteiger charge is -2.10. The second kappa shape index (κ2) is 7.89. The Kier molecular flexibility index (Phi) is 6.49. The first-order valence-electron chi connectivity index (χ1n) is 6.52. The Morgan fingerprint density at radius 3 is 2.45 bits per heavy atom. The summed E-state index contributed by atoms with van der Waals surface area (Å²) in [6.45, 7) is 4.70. The van der Waals surface area contributed by atoms with Crippen molar-refractivity contribution < 1.29 is 27.8 Å². The molecule has 4 nitrogen and oxygen atoms in total. The number of halogens is 3. The molecule has 0 aliphatic rings. The van der Waals surface area contributed by atoms with Crippen LogP contribution in [0.4, 0.5) is 8.78 Å². The molecule has 0 spiro atoms. The molecule has 1 aromatic rings. The number of hydrogen-bond acceptors (Lipinski definition) is 4. The molecule has 0 heterocycles. The molecule has 0 aromatic heterocycles. The summed E-state index contributed by atoms with van der Waals surface area (Å²) in [5, 5.41) is -0.268. The van der Waals surface area contributed by atoms with Gasteiger partial charge in [0.2, 0.25) is 5.78 Å². The van der Waals surface area contributed by atoms with E-state index in [-0.39, 0.29) is 29.4 Å². The van der Waals surface area contributed by atoms with Crippen molar-refractivity contribution in [1.82, 2.24) is 0 Å². The molecule has 1 rings (SSSR count). The van der Waals surface area contributed by atoms with Crippen LogP contribution in [0.1, 0.15) is 29.8 Å². The molecule has 0 amide bonds. The van der Waals surface area contributed by atoms with Gasteiger partial charge < -0.3 is 9.47 Å². The van der Waals surface area contributed by atoms with Crippen molar-refractivity contribution in [3.8, 4) is 0 Å². The third kappa shape index (κ3) is 3.82. The highest BCUT2D eigenvalue weighted by atomic mass is 35.5. The molecule has 0 unspecified atom stereocenters. The first-order chi connectivity index (χ1) is 10.3. The third-order valence-corrected chi connectivity index (χ3v) is 3.22. The smallest absolute Gasteiger partial charge is 0.345 e. The lowest BCUT2D eigenvalue weighted by molar-refractivity contribution is -0.138. The van der Waals surface area contributed by atoms with Gasteiger partial charge in [-0.3, -0.25) is 4.79 Å². The molecule has 0 atom stereocenters. The maximum absolute atomic E-state index is 13.5. The lowest BCUT2D eigenvalue weighted by atomic mass is 10.0. The molecule has 0 radical (unpaired) electrons. The normalized spacial score (nSPS) is 11.3. The first-order valence-corrected chi connectivity index (χ1v) is 6.90. The predicted octanol–water partition coefficient (Wildman–Crippen LogP) is 3.59. The Balaban J connectivity index is 3.34. The van der Waals surface area contributed by atoms with Gasteiger partial charge in [-0.1, -0.05) is 11.6 Å². The van der Waals surface area contributed by atoms with Crippen LogP contribution < -0.4 is 0 Å². The molecular formula is C15H15ClF2O4. The molecular weight excluding hydrogens is 318 g/mol. The van der Waals surface area contributed by atoms with Crippen LogP contribution in [-0.2, 0) is 14.3 Å². The Morgan fingerprint density at radius 2 is 1.91 bits per heavy atom. The Morgan fingerprint density at radius 1 is 1.27 bits per heavy atom. The van der Waals surface area contributed by atoms with Gasteiger partial charge in [-0.2, -0.15) is 0 Å². The molecule has 0 N–H and O–H groups in total.